The molecule has 126 valence electrons. The Morgan fingerprint density at radius 1 is 1.08 bits per heavy atom. The molecule has 0 bridgehead atoms. The molecule has 24 heavy (non-hydrogen) atoms. The molecule has 2 aromatic carbocycles. The molecule has 1 amide bonds. The molecule has 0 saturated carbocycles. The van der Waals surface area contributed by atoms with Gasteiger partial charge in [0.2, 0.25) is 5.91 Å². The van der Waals surface area contributed by atoms with Crippen LogP contribution in [0.2, 0.25) is 5.02 Å². The number of carbonyl (C=O) groups is 2. The molecule has 0 heterocycles. The maximum Gasteiger partial charge on any atom is 0.306 e. The van der Waals surface area contributed by atoms with Crippen molar-refractivity contribution in [3.8, 4) is 0 Å². The highest BCUT2D eigenvalue weighted by Crippen LogP contribution is 2.20. The van der Waals surface area contributed by atoms with Crippen molar-refractivity contribution >= 4 is 29.2 Å². The van der Waals surface area contributed by atoms with Gasteiger partial charge >= 0.3 is 5.97 Å². The van der Waals surface area contributed by atoms with Crippen LogP contribution in [0.3, 0.4) is 0 Å². The van der Waals surface area contributed by atoms with Crippen molar-refractivity contribution in [1.29, 1.82) is 0 Å². The molecule has 0 aliphatic heterocycles. The number of carbonyl (C=O) groups excluding carboxylic acids is 2. The van der Waals surface area contributed by atoms with E-state index < -0.39 is 0 Å². The van der Waals surface area contributed by atoms with E-state index >= 15 is 0 Å². The quantitative estimate of drug-likeness (QED) is 0.767. The van der Waals surface area contributed by atoms with Gasteiger partial charge in [-0.15, -0.1) is 0 Å². The van der Waals surface area contributed by atoms with Gasteiger partial charge in [0.1, 0.15) is 0 Å². The summed E-state index contributed by atoms with van der Waals surface area (Å²) >= 11 is 5.91. The summed E-state index contributed by atoms with van der Waals surface area (Å²) in [5, 5.41) is 3.31. The van der Waals surface area contributed by atoms with Crippen LogP contribution < -0.4 is 5.32 Å². The van der Waals surface area contributed by atoms with Gasteiger partial charge in [-0.1, -0.05) is 48.0 Å². The average Bonchev–Trinajstić information content (AvgIpc) is 2.57. The zero-order valence-corrected chi connectivity index (χ0v) is 14.3. The Morgan fingerprint density at radius 2 is 1.83 bits per heavy atom. The second-order valence-electron chi connectivity index (χ2n) is 5.46. The number of anilines is 1. The predicted octanol–water partition coefficient (Wildman–Crippen LogP) is 4.15. The number of esters is 1. The van der Waals surface area contributed by atoms with Crippen LogP contribution in [0.4, 0.5) is 5.69 Å². The van der Waals surface area contributed by atoms with Gasteiger partial charge < -0.3 is 10.1 Å². The van der Waals surface area contributed by atoms with E-state index in [4.69, 9.17) is 16.3 Å². The lowest BCUT2D eigenvalue weighted by molar-refractivity contribution is -0.144. The fraction of sp³-hybridized carbons (Fsp3) is 0.263. The zero-order valence-electron chi connectivity index (χ0n) is 13.5. The van der Waals surface area contributed by atoms with E-state index in [0.717, 1.165) is 11.1 Å². The third-order valence-corrected chi connectivity index (χ3v) is 3.76. The van der Waals surface area contributed by atoms with E-state index in [1.54, 1.807) is 12.1 Å². The second kappa shape index (κ2) is 9.08. The van der Waals surface area contributed by atoms with Crippen LogP contribution >= 0.6 is 11.6 Å². The minimum absolute atomic E-state index is 0.0558. The molecule has 2 aromatic rings. The summed E-state index contributed by atoms with van der Waals surface area (Å²) in [7, 11) is 0. The van der Waals surface area contributed by atoms with Gasteiger partial charge in [0.25, 0.3) is 0 Å². The van der Waals surface area contributed by atoms with Gasteiger partial charge in [0.05, 0.1) is 13.0 Å². The highest BCUT2D eigenvalue weighted by Gasteiger charge is 2.10. The average molecular weight is 346 g/mol. The molecule has 0 atom stereocenters. The van der Waals surface area contributed by atoms with Crippen LogP contribution in [-0.4, -0.2) is 18.5 Å². The van der Waals surface area contributed by atoms with E-state index in [-0.39, 0.29) is 24.7 Å². The first kappa shape index (κ1) is 18.0. The Bertz CT molecular complexity index is 701. The Balaban J connectivity index is 1.69. The van der Waals surface area contributed by atoms with Gasteiger partial charge in [-0.25, -0.2) is 0 Å². The second-order valence-corrected chi connectivity index (χ2v) is 5.90. The minimum Gasteiger partial charge on any atom is -0.465 e. The van der Waals surface area contributed by atoms with E-state index in [1.165, 1.54) is 0 Å². The van der Waals surface area contributed by atoms with Crippen molar-refractivity contribution in [1.82, 2.24) is 0 Å². The summed E-state index contributed by atoms with van der Waals surface area (Å²) in [6.07, 6.45) is 0.802. The zero-order chi connectivity index (χ0) is 17.4. The van der Waals surface area contributed by atoms with Crippen LogP contribution in [0.5, 0.6) is 0 Å². The molecule has 0 unspecified atom stereocenters. The molecule has 0 spiro atoms. The maximum absolute atomic E-state index is 11.9. The molecule has 4 nitrogen and oxygen atoms in total. The molecule has 1 N–H and O–H groups in total. The molecule has 0 aliphatic rings. The molecule has 0 radical (unpaired) electrons. The van der Waals surface area contributed by atoms with Gasteiger partial charge in [-0.2, -0.15) is 0 Å². The monoisotopic (exact) mass is 345 g/mol. The van der Waals surface area contributed by atoms with Gasteiger partial charge in [0.15, 0.2) is 0 Å². The molecule has 0 aromatic heterocycles. The lowest BCUT2D eigenvalue weighted by Crippen LogP contribution is -2.15. The largest absolute Gasteiger partial charge is 0.465 e. The number of aryl methyl sites for hydroxylation is 1. The molecule has 5 heteroatoms. The highest BCUT2D eigenvalue weighted by atomic mass is 35.5. The van der Waals surface area contributed by atoms with E-state index in [1.807, 2.05) is 43.3 Å². The standard InChI is InChI=1S/C19H20ClNO3/c1-14-7-8-16(20)13-17(14)21-18(22)9-10-19(23)24-12-11-15-5-3-2-4-6-15/h2-8,13H,9-12H2,1H3,(H,21,22). The van der Waals surface area contributed by atoms with Crippen molar-refractivity contribution < 1.29 is 14.3 Å². The third kappa shape index (κ3) is 6.05. The number of nitrogens with one attached hydrogen (secondary N) is 1. The van der Waals surface area contributed by atoms with Gasteiger partial charge in [0, 0.05) is 23.6 Å². The lowest BCUT2D eigenvalue weighted by atomic mass is 10.2. The summed E-state index contributed by atoms with van der Waals surface area (Å²) in [6, 6.07) is 15.1. The summed E-state index contributed by atoms with van der Waals surface area (Å²) in [5.74, 6) is -0.607. The van der Waals surface area contributed by atoms with E-state index in [9.17, 15) is 9.59 Å². The number of rotatable bonds is 7. The first-order valence-electron chi connectivity index (χ1n) is 7.80. The van der Waals surface area contributed by atoms with Crippen molar-refractivity contribution in [3.63, 3.8) is 0 Å². The van der Waals surface area contributed by atoms with Crippen molar-refractivity contribution in [2.45, 2.75) is 26.2 Å². The van der Waals surface area contributed by atoms with Crippen LogP contribution in [0.1, 0.15) is 24.0 Å². The number of benzene rings is 2. The third-order valence-electron chi connectivity index (χ3n) is 3.53. The van der Waals surface area contributed by atoms with Crippen LogP contribution in [0.15, 0.2) is 48.5 Å². The van der Waals surface area contributed by atoms with Crippen molar-refractivity contribution in [2.75, 3.05) is 11.9 Å². The molecule has 0 aliphatic carbocycles. The first-order chi connectivity index (χ1) is 11.5. The van der Waals surface area contributed by atoms with Crippen LogP contribution in [0, 0.1) is 6.92 Å². The van der Waals surface area contributed by atoms with Crippen molar-refractivity contribution in [2.24, 2.45) is 0 Å². The number of hydrogen-bond acceptors (Lipinski definition) is 3. The minimum atomic E-state index is -0.371. The summed E-state index contributed by atoms with van der Waals surface area (Å²) < 4.78 is 5.15. The first-order valence-corrected chi connectivity index (χ1v) is 8.18. The number of halogens is 1. The van der Waals surface area contributed by atoms with Gasteiger partial charge in [-0.05, 0) is 30.2 Å². The van der Waals surface area contributed by atoms with Crippen molar-refractivity contribution in [3.05, 3.63) is 64.7 Å². The Morgan fingerprint density at radius 3 is 2.58 bits per heavy atom. The molecular formula is C19H20ClNO3. The predicted molar refractivity (Wildman–Crippen MR) is 95.2 cm³/mol. The lowest BCUT2D eigenvalue weighted by Gasteiger charge is -2.09. The molecule has 0 saturated heterocycles. The van der Waals surface area contributed by atoms with Crippen LogP contribution in [0.25, 0.3) is 0 Å². The number of hydrogen-bond donors (Lipinski definition) is 1. The fourth-order valence-corrected chi connectivity index (χ4v) is 2.33. The Labute approximate surface area is 146 Å². The number of amides is 1. The fourth-order valence-electron chi connectivity index (χ4n) is 2.16. The smallest absolute Gasteiger partial charge is 0.306 e. The maximum atomic E-state index is 11.9. The number of ether oxygens (including phenoxy) is 1. The van der Waals surface area contributed by atoms with E-state index in [2.05, 4.69) is 5.32 Å². The van der Waals surface area contributed by atoms with E-state index in [0.29, 0.717) is 23.7 Å². The van der Waals surface area contributed by atoms with Crippen LogP contribution in [-0.2, 0) is 20.7 Å². The molecular weight excluding hydrogens is 326 g/mol. The summed E-state index contributed by atoms with van der Waals surface area (Å²) in [5.41, 5.74) is 2.68. The topological polar surface area (TPSA) is 55.4 Å². The molecule has 0 fully saturated rings. The Kier molecular flexibility index (Phi) is 6.82. The highest BCUT2D eigenvalue weighted by molar-refractivity contribution is 6.31. The Hall–Kier alpha value is -2.33. The summed E-state index contributed by atoms with van der Waals surface area (Å²) in [4.78, 5) is 23.6. The molecule has 2 rings (SSSR count). The SMILES string of the molecule is Cc1ccc(Cl)cc1NC(=O)CCC(=O)OCCc1ccccc1. The summed E-state index contributed by atoms with van der Waals surface area (Å²) in [6.45, 7) is 2.20. The normalized spacial score (nSPS) is 10.2. The van der Waals surface area contributed by atoms with Gasteiger partial charge in [-0.3, -0.25) is 9.59 Å².